The Kier molecular flexibility index (Phi) is 4.35. The highest BCUT2D eigenvalue weighted by Gasteiger charge is 2.36. The van der Waals surface area contributed by atoms with Crippen molar-refractivity contribution in [2.24, 2.45) is 0 Å². The van der Waals surface area contributed by atoms with Crippen molar-refractivity contribution in [3.8, 4) is 0 Å². The van der Waals surface area contributed by atoms with Gasteiger partial charge >= 0.3 is 0 Å². The lowest BCUT2D eigenvalue weighted by Gasteiger charge is -2.35. The van der Waals surface area contributed by atoms with E-state index in [1.807, 2.05) is 6.92 Å². The maximum atomic E-state index is 13.3. The summed E-state index contributed by atoms with van der Waals surface area (Å²) in [7, 11) is -3.25. The maximum Gasteiger partial charge on any atom is 0.256 e. The highest BCUT2D eigenvalue weighted by Crippen LogP contribution is 2.28. The molecule has 1 atom stereocenters. The second-order valence-electron chi connectivity index (χ2n) is 5.65. The number of nitrogens with zero attached hydrogens (tertiary/aromatic N) is 4. The van der Waals surface area contributed by atoms with E-state index in [-0.39, 0.29) is 23.6 Å². The number of hydrogen-bond donors (Lipinski definition) is 0. The summed E-state index contributed by atoms with van der Waals surface area (Å²) in [5, 5.41) is 4.15. The van der Waals surface area contributed by atoms with Crippen LogP contribution in [0.1, 0.15) is 28.9 Å². The standard InChI is InChI=1S/C15H17FN4O3S/c1-2-19-9-12(7-18-19)14-10-24(22,23)4-3-20(14)15(21)11-5-13(16)8-17-6-11/h5-9,14H,2-4,10H2,1H3. The van der Waals surface area contributed by atoms with Gasteiger partial charge in [-0.05, 0) is 13.0 Å². The molecule has 3 heterocycles. The topological polar surface area (TPSA) is 85.2 Å². The van der Waals surface area contributed by atoms with Crippen LogP contribution < -0.4 is 0 Å². The Morgan fingerprint density at radius 3 is 2.83 bits per heavy atom. The second-order valence-corrected chi connectivity index (χ2v) is 7.88. The molecule has 24 heavy (non-hydrogen) atoms. The summed E-state index contributed by atoms with van der Waals surface area (Å²) in [6.07, 6.45) is 5.59. The number of hydrogen-bond acceptors (Lipinski definition) is 5. The van der Waals surface area contributed by atoms with Gasteiger partial charge in [0.05, 0.1) is 35.5 Å². The van der Waals surface area contributed by atoms with E-state index in [0.29, 0.717) is 12.1 Å². The van der Waals surface area contributed by atoms with Crippen LogP contribution >= 0.6 is 0 Å². The molecule has 2 aromatic heterocycles. The number of carbonyl (C=O) groups excluding carboxylic acids is 1. The summed E-state index contributed by atoms with van der Waals surface area (Å²) in [4.78, 5) is 17.9. The van der Waals surface area contributed by atoms with Crippen LogP contribution in [-0.4, -0.2) is 52.0 Å². The minimum absolute atomic E-state index is 0.0552. The molecule has 9 heteroatoms. The number of carbonyl (C=O) groups is 1. The van der Waals surface area contributed by atoms with Gasteiger partial charge in [0.25, 0.3) is 5.91 Å². The molecule has 0 N–H and O–H groups in total. The average Bonchev–Trinajstić information content (AvgIpc) is 3.02. The van der Waals surface area contributed by atoms with Crippen LogP contribution in [-0.2, 0) is 16.4 Å². The molecule has 0 aromatic carbocycles. The maximum absolute atomic E-state index is 13.3. The van der Waals surface area contributed by atoms with Crippen molar-refractivity contribution in [2.75, 3.05) is 18.1 Å². The van der Waals surface area contributed by atoms with E-state index in [1.165, 1.54) is 11.1 Å². The SMILES string of the molecule is CCn1cc(C2CS(=O)(=O)CCN2C(=O)c2cncc(F)c2)cn1. The molecule has 3 rings (SSSR count). The molecule has 0 aliphatic carbocycles. The van der Waals surface area contributed by atoms with E-state index in [4.69, 9.17) is 0 Å². The first-order valence-electron chi connectivity index (χ1n) is 7.54. The van der Waals surface area contributed by atoms with Crippen LogP contribution in [0.2, 0.25) is 0 Å². The Morgan fingerprint density at radius 2 is 2.17 bits per heavy atom. The zero-order chi connectivity index (χ0) is 17.3. The number of rotatable bonds is 3. The van der Waals surface area contributed by atoms with Gasteiger partial charge in [-0.3, -0.25) is 14.5 Å². The predicted octanol–water partition coefficient (Wildman–Crippen LogP) is 1.05. The number of sulfone groups is 1. The fourth-order valence-corrected chi connectivity index (χ4v) is 4.24. The van der Waals surface area contributed by atoms with Crippen molar-refractivity contribution >= 4 is 15.7 Å². The van der Waals surface area contributed by atoms with E-state index in [2.05, 4.69) is 10.1 Å². The summed E-state index contributed by atoms with van der Waals surface area (Å²) in [6.45, 7) is 2.61. The summed E-state index contributed by atoms with van der Waals surface area (Å²) < 4.78 is 39.1. The smallest absolute Gasteiger partial charge is 0.256 e. The molecule has 7 nitrogen and oxygen atoms in total. The zero-order valence-corrected chi connectivity index (χ0v) is 13.9. The molecule has 0 spiro atoms. The number of pyridine rings is 1. The van der Waals surface area contributed by atoms with Gasteiger partial charge in [-0.25, -0.2) is 12.8 Å². The van der Waals surface area contributed by atoms with Gasteiger partial charge in [0.2, 0.25) is 0 Å². The molecular weight excluding hydrogens is 335 g/mol. The van der Waals surface area contributed by atoms with Crippen LogP contribution in [0.15, 0.2) is 30.9 Å². The quantitative estimate of drug-likeness (QED) is 0.824. The highest BCUT2D eigenvalue weighted by molar-refractivity contribution is 7.91. The fraction of sp³-hybridized carbons (Fsp3) is 0.400. The van der Waals surface area contributed by atoms with E-state index in [9.17, 15) is 17.6 Å². The second kappa shape index (κ2) is 6.31. The fourth-order valence-electron chi connectivity index (χ4n) is 2.75. The number of aromatic nitrogens is 3. The normalized spacial score (nSPS) is 20.1. The summed E-state index contributed by atoms with van der Waals surface area (Å²) in [5.41, 5.74) is 0.750. The molecule has 1 aliphatic heterocycles. The van der Waals surface area contributed by atoms with Crippen LogP contribution in [0.4, 0.5) is 4.39 Å². The largest absolute Gasteiger partial charge is 0.329 e. The van der Waals surface area contributed by atoms with Crippen molar-refractivity contribution in [2.45, 2.75) is 19.5 Å². The molecule has 0 radical (unpaired) electrons. The summed E-state index contributed by atoms with van der Waals surface area (Å²) >= 11 is 0. The average molecular weight is 352 g/mol. The Labute approximate surface area is 139 Å². The van der Waals surface area contributed by atoms with E-state index >= 15 is 0 Å². The van der Waals surface area contributed by atoms with Crippen LogP contribution in [0.5, 0.6) is 0 Å². The van der Waals surface area contributed by atoms with Crippen LogP contribution in [0.25, 0.3) is 0 Å². The van der Waals surface area contributed by atoms with Gasteiger partial charge in [-0.2, -0.15) is 5.10 Å². The van der Waals surface area contributed by atoms with Crippen molar-refractivity contribution in [1.82, 2.24) is 19.7 Å². The predicted molar refractivity (Wildman–Crippen MR) is 84.5 cm³/mol. The summed E-state index contributed by atoms with van der Waals surface area (Å²) in [5.74, 6) is -1.33. The van der Waals surface area contributed by atoms with Gasteiger partial charge < -0.3 is 4.90 Å². The van der Waals surface area contributed by atoms with Gasteiger partial charge in [-0.15, -0.1) is 0 Å². The van der Waals surface area contributed by atoms with E-state index < -0.39 is 27.6 Å². The molecule has 128 valence electrons. The number of aryl methyl sites for hydroxylation is 1. The molecule has 1 fully saturated rings. The Bertz CT molecular complexity index is 865. The molecule has 2 aromatic rings. The van der Waals surface area contributed by atoms with Gasteiger partial charge in [0.15, 0.2) is 9.84 Å². The lowest BCUT2D eigenvalue weighted by Crippen LogP contribution is -2.46. The molecular formula is C15H17FN4O3S. The van der Waals surface area contributed by atoms with Crippen molar-refractivity contribution in [3.63, 3.8) is 0 Å². The first-order valence-corrected chi connectivity index (χ1v) is 9.36. The molecule has 0 saturated carbocycles. The Hall–Kier alpha value is -2.29. The first-order chi connectivity index (χ1) is 11.4. The third kappa shape index (κ3) is 3.30. The number of amides is 1. The molecule has 1 saturated heterocycles. The number of halogens is 1. The Balaban J connectivity index is 1.96. The molecule has 1 unspecified atom stereocenters. The molecule has 0 bridgehead atoms. The van der Waals surface area contributed by atoms with E-state index in [0.717, 1.165) is 12.3 Å². The minimum atomic E-state index is -3.25. The summed E-state index contributed by atoms with van der Waals surface area (Å²) in [6, 6.07) is 0.463. The van der Waals surface area contributed by atoms with Crippen LogP contribution in [0.3, 0.4) is 0 Å². The molecule has 1 aliphatic rings. The third-order valence-corrected chi connectivity index (χ3v) is 5.63. The minimum Gasteiger partial charge on any atom is -0.329 e. The van der Waals surface area contributed by atoms with Gasteiger partial charge in [0.1, 0.15) is 5.82 Å². The third-order valence-electron chi connectivity index (χ3n) is 4.01. The van der Waals surface area contributed by atoms with Crippen molar-refractivity contribution in [3.05, 3.63) is 47.8 Å². The monoisotopic (exact) mass is 352 g/mol. The Morgan fingerprint density at radius 1 is 1.38 bits per heavy atom. The van der Waals surface area contributed by atoms with Crippen molar-refractivity contribution in [1.29, 1.82) is 0 Å². The van der Waals surface area contributed by atoms with E-state index in [1.54, 1.807) is 17.1 Å². The van der Waals surface area contributed by atoms with Crippen LogP contribution in [0, 0.1) is 5.82 Å². The van der Waals surface area contributed by atoms with Crippen molar-refractivity contribution < 1.29 is 17.6 Å². The first kappa shape index (κ1) is 16.6. The van der Waals surface area contributed by atoms with Gasteiger partial charge in [-0.1, -0.05) is 0 Å². The van der Waals surface area contributed by atoms with Gasteiger partial charge in [0, 0.05) is 31.0 Å². The highest BCUT2D eigenvalue weighted by atomic mass is 32.2. The lowest BCUT2D eigenvalue weighted by molar-refractivity contribution is 0.0696. The lowest BCUT2D eigenvalue weighted by atomic mass is 10.1. The zero-order valence-electron chi connectivity index (χ0n) is 13.1. The molecule has 1 amide bonds.